The van der Waals surface area contributed by atoms with Crippen molar-refractivity contribution >= 4 is 23.2 Å². The number of nitrogens with one attached hydrogen (secondary N) is 2. The summed E-state index contributed by atoms with van der Waals surface area (Å²) < 4.78 is 0. The third kappa shape index (κ3) is 4.43. The number of nitrogens with zero attached hydrogens (tertiary/aromatic N) is 1. The number of carbonyl (C=O) groups is 2. The lowest BCUT2D eigenvalue weighted by molar-refractivity contribution is 0.102. The minimum Gasteiger partial charge on any atom is -0.322 e. The Morgan fingerprint density at radius 3 is 2.18 bits per heavy atom. The van der Waals surface area contributed by atoms with Gasteiger partial charge in [-0.05, 0) is 49.6 Å². The van der Waals surface area contributed by atoms with Crippen LogP contribution in [0.5, 0.6) is 0 Å². The molecule has 0 bridgehead atoms. The van der Waals surface area contributed by atoms with Crippen LogP contribution in [-0.4, -0.2) is 16.8 Å². The second-order valence-corrected chi connectivity index (χ2v) is 6.70. The van der Waals surface area contributed by atoms with E-state index in [-0.39, 0.29) is 11.8 Å². The quantitative estimate of drug-likeness (QED) is 0.677. The average Bonchev–Trinajstić information content (AvgIpc) is 2.71. The number of carbonyl (C=O) groups excluding carboxylic acids is 2. The Morgan fingerprint density at radius 1 is 0.893 bits per heavy atom. The molecule has 5 nitrogen and oxygen atoms in total. The molecule has 3 rings (SSSR count). The van der Waals surface area contributed by atoms with Crippen LogP contribution in [0.25, 0.3) is 0 Å². The van der Waals surface area contributed by atoms with Crippen molar-refractivity contribution in [1.82, 2.24) is 4.98 Å². The number of hydrogen-bond acceptors (Lipinski definition) is 3. The van der Waals surface area contributed by atoms with E-state index in [2.05, 4.69) is 15.6 Å². The molecule has 0 spiro atoms. The molecule has 28 heavy (non-hydrogen) atoms. The summed E-state index contributed by atoms with van der Waals surface area (Å²) in [5.41, 5.74) is 5.34. The Kier molecular flexibility index (Phi) is 5.84. The lowest BCUT2D eigenvalue weighted by Gasteiger charge is -2.13. The van der Waals surface area contributed by atoms with Crippen LogP contribution in [-0.2, 0) is 6.42 Å². The van der Waals surface area contributed by atoms with Crippen LogP contribution < -0.4 is 10.6 Å². The van der Waals surface area contributed by atoms with Gasteiger partial charge in [-0.25, -0.2) is 0 Å². The fourth-order valence-corrected chi connectivity index (χ4v) is 2.92. The normalized spacial score (nSPS) is 10.4. The van der Waals surface area contributed by atoms with Crippen molar-refractivity contribution in [1.29, 1.82) is 0 Å². The zero-order chi connectivity index (χ0) is 20.1. The maximum absolute atomic E-state index is 12.7. The number of anilines is 2. The number of benzene rings is 2. The molecular weight excluding hydrogens is 350 g/mol. The Bertz CT molecular complexity index is 1010. The first kappa shape index (κ1) is 19.3. The minimum absolute atomic E-state index is 0.290. The highest BCUT2D eigenvalue weighted by molar-refractivity contribution is 6.08. The molecule has 0 unspecified atom stereocenters. The Morgan fingerprint density at radius 2 is 1.54 bits per heavy atom. The lowest BCUT2D eigenvalue weighted by Crippen LogP contribution is -2.17. The van der Waals surface area contributed by atoms with Crippen LogP contribution in [0.4, 0.5) is 11.4 Å². The Balaban J connectivity index is 1.78. The molecule has 0 saturated heterocycles. The SMILES string of the molecule is CCc1cccc(C)c1NC(=O)c1cncc(C(=O)Nc2ccc(C)cc2)c1. The molecular formula is C23H23N3O2. The van der Waals surface area contributed by atoms with E-state index >= 15 is 0 Å². The van der Waals surface area contributed by atoms with Crippen molar-refractivity contribution in [3.63, 3.8) is 0 Å². The van der Waals surface area contributed by atoms with E-state index in [0.29, 0.717) is 16.8 Å². The zero-order valence-corrected chi connectivity index (χ0v) is 16.2. The molecule has 3 aromatic rings. The second kappa shape index (κ2) is 8.48. The number of hydrogen-bond donors (Lipinski definition) is 2. The molecule has 142 valence electrons. The summed E-state index contributed by atoms with van der Waals surface area (Å²) in [6.45, 7) is 5.98. The summed E-state index contributed by atoms with van der Waals surface area (Å²) >= 11 is 0. The largest absolute Gasteiger partial charge is 0.322 e. The minimum atomic E-state index is -0.309. The van der Waals surface area contributed by atoms with Gasteiger partial charge in [-0.15, -0.1) is 0 Å². The Hall–Kier alpha value is -3.47. The fraction of sp³-hybridized carbons (Fsp3) is 0.174. The predicted molar refractivity (Wildman–Crippen MR) is 112 cm³/mol. The third-order valence-electron chi connectivity index (χ3n) is 4.55. The van der Waals surface area contributed by atoms with E-state index in [0.717, 1.165) is 28.8 Å². The zero-order valence-electron chi connectivity index (χ0n) is 16.2. The molecule has 1 aromatic heterocycles. The standard InChI is InChI=1S/C23H23N3O2/c1-4-17-7-5-6-16(3)21(17)26-23(28)19-12-18(13-24-14-19)22(27)25-20-10-8-15(2)9-11-20/h5-14H,4H2,1-3H3,(H,25,27)(H,26,28). The molecule has 0 aliphatic heterocycles. The summed E-state index contributed by atoms with van der Waals surface area (Å²) in [4.78, 5) is 29.3. The van der Waals surface area contributed by atoms with E-state index in [1.54, 1.807) is 6.07 Å². The maximum atomic E-state index is 12.7. The third-order valence-corrected chi connectivity index (χ3v) is 4.55. The highest BCUT2D eigenvalue weighted by Crippen LogP contribution is 2.22. The van der Waals surface area contributed by atoms with Gasteiger partial charge in [0.2, 0.25) is 0 Å². The van der Waals surface area contributed by atoms with Gasteiger partial charge in [0.1, 0.15) is 0 Å². The number of aromatic nitrogens is 1. The van der Waals surface area contributed by atoms with Crippen molar-refractivity contribution in [3.05, 3.63) is 88.7 Å². The molecule has 0 fully saturated rings. The number of para-hydroxylation sites is 1. The van der Waals surface area contributed by atoms with Crippen LogP contribution in [0.2, 0.25) is 0 Å². The average molecular weight is 373 g/mol. The van der Waals surface area contributed by atoms with E-state index in [1.165, 1.54) is 12.4 Å². The van der Waals surface area contributed by atoms with Gasteiger partial charge in [0.05, 0.1) is 11.1 Å². The van der Waals surface area contributed by atoms with Crippen molar-refractivity contribution < 1.29 is 9.59 Å². The summed E-state index contributed by atoms with van der Waals surface area (Å²) in [6, 6.07) is 15.0. The number of amides is 2. The van der Waals surface area contributed by atoms with E-state index in [1.807, 2.05) is 63.2 Å². The van der Waals surface area contributed by atoms with Crippen LogP contribution in [0.15, 0.2) is 60.9 Å². The molecule has 0 aliphatic carbocycles. The summed E-state index contributed by atoms with van der Waals surface area (Å²) in [5.74, 6) is -0.599. The van der Waals surface area contributed by atoms with Gasteiger partial charge in [0.15, 0.2) is 0 Å². The monoisotopic (exact) mass is 373 g/mol. The molecule has 2 amide bonds. The van der Waals surface area contributed by atoms with Crippen LogP contribution in [0.3, 0.4) is 0 Å². The number of aryl methyl sites for hydroxylation is 3. The lowest BCUT2D eigenvalue weighted by atomic mass is 10.1. The van der Waals surface area contributed by atoms with Gasteiger partial charge in [0, 0.05) is 23.8 Å². The smallest absolute Gasteiger partial charge is 0.257 e. The molecule has 2 aromatic carbocycles. The van der Waals surface area contributed by atoms with Crippen LogP contribution >= 0.6 is 0 Å². The summed E-state index contributed by atoms with van der Waals surface area (Å²) in [5, 5.41) is 5.78. The first-order chi connectivity index (χ1) is 13.5. The van der Waals surface area contributed by atoms with Crippen molar-refractivity contribution in [2.45, 2.75) is 27.2 Å². The topological polar surface area (TPSA) is 71.1 Å². The number of pyridine rings is 1. The second-order valence-electron chi connectivity index (χ2n) is 6.70. The van der Waals surface area contributed by atoms with Gasteiger partial charge in [-0.1, -0.05) is 42.8 Å². The first-order valence-electron chi connectivity index (χ1n) is 9.21. The van der Waals surface area contributed by atoms with Crippen LogP contribution in [0.1, 0.15) is 44.3 Å². The maximum Gasteiger partial charge on any atom is 0.257 e. The summed E-state index contributed by atoms with van der Waals surface area (Å²) in [6.07, 6.45) is 3.72. The predicted octanol–water partition coefficient (Wildman–Crippen LogP) is 4.77. The van der Waals surface area contributed by atoms with Gasteiger partial charge in [-0.2, -0.15) is 0 Å². The van der Waals surface area contributed by atoms with E-state index in [9.17, 15) is 9.59 Å². The summed E-state index contributed by atoms with van der Waals surface area (Å²) in [7, 11) is 0. The van der Waals surface area contributed by atoms with Crippen molar-refractivity contribution in [3.8, 4) is 0 Å². The molecule has 1 heterocycles. The molecule has 0 aliphatic rings. The van der Waals surface area contributed by atoms with Gasteiger partial charge < -0.3 is 10.6 Å². The van der Waals surface area contributed by atoms with Gasteiger partial charge in [-0.3, -0.25) is 14.6 Å². The highest BCUT2D eigenvalue weighted by Gasteiger charge is 2.14. The first-order valence-corrected chi connectivity index (χ1v) is 9.21. The highest BCUT2D eigenvalue weighted by atomic mass is 16.2. The molecule has 5 heteroatoms. The molecule has 0 saturated carbocycles. The molecule has 0 atom stereocenters. The van der Waals surface area contributed by atoms with E-state index < -0.39 is 0 Å². The van der Waals surface area contributed by atoms with Crippen molar-refractivity contribution in [2.24, 2.45) is 0 Å². The molecule has 2 N–H and O–H groups in total. The Labute approximate surface area is 164 Å². The van der Waals surface area contributed by atoms with Gasteiger partial charge >= 0.3 is 0 Å². The van der Waals surface area contributed by atoms with Gasteiger partial charge in [0.25, 0.3) is 11.8 Å². The van der Waals surface area contributed by atoms with Crippen molar-refractivity contribution in [2.75, 3.05) is 10.6 Å². The number of rotatable bonds is 5. The van der Waals surface area contributed by atoms with E-state index in [4.69, 9.17) is 0 Å². The van der Waals surface area contributed by atoms with Crippen LogP contribution in [0, 0.1) is 13.8 Å². The fourth-order valence-electron chi connectivity index (χ4n) is 2.92. The molecule has 0 radical (unpaired) electrons.